The van der Waals surface area contributed by atoms with Crippen molar-refractivity contribution >= 4 is 39.9 Å². The first-order valence-corrected chi connectivity index (χ1v) is 6.11. The average molecular weight is 310 g/mol. The number of carbonyl (C=O) groups excluding carboxylic acids is 1. The fourth-order valence-electron chi connectivity index (χ4n) is 1.67. The van der Waals surface area contributed by atoms with Crippen molar-refractivity contribution in [2.24, 2.45) is 0 Å². The van der Waals surface area contributed by atoms with Crippen molar-refractivity contribution in [3.05, 3.63) is 34.7 Å². The highest BCUT2D eigenvalue weighted by Gasteiger charge is 2.14. The van der Waals surface area contributed by atoms with Crippen molar-refractivity contribution in [2.75, 3.05) is 11.9 Å². The summed E-state index contributed by atoms with van der Waals surface area (Å²) >= 11 is 5.01. The van der Waals surface area contributed by atoms with Gasteiger partial charge in [0.2, 0.25) is 5.91 Å². The van der Waals surface area contributed by atoms with Gasteiger partial charge in [0.25, 0.3) is 0 Å². The second-order valence-corrected chi connectivity index (χ2v) is 4.57. The minimum Gasteiger partial charge on any atom is -0.508 e. The molecule has 7 nitrogen and oxygen atoms in total. The third-order valence-corrected chi connectivity index (χ3v) is 3.03. The van der Waals surface area contributed by atoms with Crippen LogP contribution in [0.4, 0.5) is 5.69 Å². The largest absolute Gasteiger partial charge is 0.508 e. The number of anilines is 1. The van der Waals surface area contributed by atoms with Crippen LogP contribution in [-0.4, -0.2) is 28.7 Å². The number of rotatable bonds is 1. The highest BCUT2D eigenvalue weighted by Crippen LogP contribution is 2.21. The monoisotopic (exact) mass is 310 g/mol. The maximum atomic E-state index is 11.9. The Kier molecular flexibility index (Phi) is 5.01. The number of nitrogens with one attached hydrogen (secondary N) is 1. The number of hydrogen-bond acceptors (Lipinski definition) is 5. The van der Waals surface area contributed by atoms with Crippen molar-refractivity contribution in [1.29, 1.82) is 0 Å². The third kappa shape index (κ3) is 3.56. The Hall–Kier alpha value is -2.45. The molecule has 4 N–H and O–H groups in total. The number of aromatic hydroxyl groups is 1. The molecule has 0 aliphatic heterocycles. The minimum absolute atomic E-state index is 0. The van der Waals surface area contributed by atoms with Crippen molar-refractivity contribution in [3.63, 3.8) is 0 Å². The van der Waals surface area contributed by atoms with Gasteiger partial charge in [-0.2, -0.15) is 0 Å². The van der Waals surface area contributed by atoms with Gasteiger partial charge in [-0.05, 0) is 30.4 Å². The minimum atomic E-state index is -0.613. The number of phenolic OH excluding ortho intramolecular Hbond substituents is 1. The second-order valence-electron chi connectivity index (χ2n) is 4.19. The number of phenols is 1. The quantitative estimate of drug-likeness (QED) is 0.586. The van der Waals surface area contributed by atoms with E-state index in [1.807, 2.05) is 0 Å². The maximum Gasteiger partial charge on any atom is 0.360 e. The van der Waals surface area contributed by atoms with Crippen LogP contribution in [0.5, 0.6) is 5.75 Å². The molecule has 0 spiro atoms. The van der Waals surface area contributed by atoms with Crippen LogP contribution in [0.15, 0.2) is 33.5 Å². The lowest BCUT2D eigenvalue weighted by Gasteiger charge is -2.18. The van der Waals surface area contributed by atoms with E-state index in [9.17, 15) is 14.7 Å². The summed E-state index contributed by atoms with van der Waals surface area (Å²) in [5, 5.41) is 12.5. The van der Waals surface area contributed by atoms with Gasteiger partial charge in [0, 0.05) is 25.4 Å². The number of hydrogen-bond donors (Lipinski definition) is 2. The fraction of sp³-hybridized carbons (Fsp3) is 0.154. The third-order valence-electron chi connectivity index (χ3n) is 2.65. The Morgan fingerprint density at radius 1 is 1.38 bits per heavy atom. The lowest BCUT2D eigenvalue weighted by atomic mass is 10.2. The average Bonchev–Trinajstić information content (AvgIpc) is 2.36. The zero-order valence-electron chi connectivity index (χ0n) is 11.3. The van der Waals surface area contributed by atoms with E-state index < -0.39 is 5.63 Å². The second kappa shape index (κ2) is 6.33. The van der Waals surface area contributed by atoms with E-state index in [2.05, 4.69) is 5.32 Å². The van der Waals surface area contributed by atoms with Gasteiger partial charge in [-0.15, -0.1) is 0 Å². The van der Waals surface area contributed by atoms with Crippen molar-refractivity contribution in [1.82, 2.24) is 5.32 Å². The number of amides is 1. The summed E-state index contributed by atoms with van der Waals surface area (Å²) in [5.74, 6) is -0.313. The van der Waals surface area contributed by atoms with Crippen LogP contribution in [0.1, 0.15) is 6.92 Å². The molecule has 1 aromatic carbocycles. The molecule has 1 heterocycles. The fourth-order valence-corrected chi connectivity index (χ4v) is 1.91. The van der Waals surface area contributed by atoms with Gasteiger partial charge in [-0.1, -0.05) is 0 Å². The molecular formula is C13H14N2O5S. The van der Waals surface area contributed by atoms with E-state index in [1.54, 1.807) is 19.2 Å². The first kappa shape index (κ1) is 16.6. The van der Waals surface area contributed by atoms with Gasteiger partial charge in [-0.3, -0.25) is 4.79 Å². The molecule has 0 saturated carbocycles. The molecule has 0 fully saturated rings. The number of fused-ring (bicyclic) bond motifs is 1. The van der Waals surface area contributed by atoms with Crippen molar-refractivity contribution < 1.29 is 19.8 Å². The van der Waals surface area contributed by atoms with Crippen LogP contribution in [0.3, 0.4) is 0 Å². The van der Waals surface area contributed by atoms with Crippen LogP contribution in [0, 0.1) is 0 Å². The summed E-state index contributed by atoms with van der Waals surface area (Å²) in [5.41, 5.74) is -0.141. The topological polar surface area (TPSA) is 114 Å². The molecule has 1 aromatic heterocycles. The summed E-state index contributed by atoms with van der Waals surface area (Å²) in [6, 6.07) is 6.03. The van der Waals surface area contributed by atoms with E-state index in [0.29, 0.717) is 5.39 Å². The number of thiocarbonyl (C=S) groups is 1. The molecule has 112 valence electrons. The van der Waals surface area contributed by atoms with Gasteiger partial charge in [0.15, 0.2) is 5.11 Å². The Labute approximate surface area is 125 Å². The molecule has 21 heavy (non-hydrogen) atoms. The summed E-state index contributed by atoms with van der Waals surface area (Å²) in [6.07, 6.45) is 0. The summed E-state index contributed by atoms with van der Waals surface area (Å²) < 4.78 is 5.12. The molecule has 0 aliphatic rings. The van der Waals surface area contributed by atoms with Crippen LogP contribution in [0.2, 0.25) is 0 Å². The van der Waals surface area contributed by atoms with Gasteiger partial charge in [-0.25, -0.2) is 4.79 Å². The predicted molar refractivity (Wildman–Crippen MR) is 82.6 cm³/mol. The predicted octanol–water partition coefficient (Wildman–Crippen LogP) is 0.531. The van der Waals surface area contributed by atoms with E-state index >= 15 is 0 Å². The Balaban J connectivity index is 0.00000220. The van der Waals surface area contributed by atoms with E-state index in [4.69, 9.17) is 16.6 Å². The maximum absolute atomic E-state index is 11.9. The molecule has 0 bridgehead atoms. The summed E-state index contributed by atoms with van der Waals surface area (Å²) in [4.78, 5) is 24.2. The van der Waals surface area contributed by atoms with Crippen LogP contribution in [0.25, 0.3) is 11.0 Å². The van der Waals surface area contributed by atoms with Crippen LogP contribution >= 0.6 is 12.2 Å². The Bertz CT molecular complexity index is 756. The molecule has 1 amide bonds. The van der Waals surface area contributed by atoms with Gasteiger partial charge in [0.1, 0.15) is 17.0 Å². The lowest BCUT2D eigenvalue weighted by Crippen LogP contribution is -2.41. The smallest absolute Gasteiger partial charge is 0.360 e. The number of carbonyl (C=O) groups is 1. The van der Waals surface area contributed by atoms with Crippen molar-refractivity contribution in [3.8, 4) is 5.75 Å². The molecule has 8 heteroatoms. The molecular weight excluding hydrogens is 296 g/mol. The van der Waals surface area contributed by atoms with Crippen LogP contribution < -0.4 is 15.8 Å². The van der Waals surface area contributed by atoms with Gasteiger partial charge >= 0.3 is 5.63 Å². The van der Waals surface area contributed by atoms with E-state index in [0.717, 1.165) is 0 Å². The lowest BCUT2D eigenvalue weighted by molar-refractivity contribution is -0.117. The molecule has 0 aliphatic carbocycles. The number of benzene rings is 1. The standard InChI is InChI=1S/C13H12N2O4S.H2O/c1-7(16)14-13(20)15(2)10-5-8-3-4-9(17)6-11(8)19-12(10)18;/h3-6,17H,1-2H3,(H,14,16,20);1H2. The van der Waals surface area contributed by atoms with Crippen molar-refractivity contribution in [2.45, 2.75) is 6.92 Å². The van der Waals surface area contributed by atoms with E-state index in [-0.39, 0.29) is 33.5 Å². The summed E-state index contributed by atoms with van der Waals surface area (Å²) in [6.45, 7) is 1.33. The van der Waals surface area contributed by atoms with Crippen LogP contribution in [-0.2, 0) is 4.79 Å². The first-order valence-electron chi connectivity index (χ1n) is 5.70. The van der Waals surface area contributed by atoms with Gasteiger partial charge < -0.3 is 25.2 Å². The molecule has 2 rings (SSSR count). The Morgan fingerprint density at radius 3 is 2.67 bits per heavy atom. The highest BCUT2D eigenvalue weighted by molar-refractivity contribution is 7.80. The molecule has 0 unspecified atom stereocenters. The van der Waals surface area contributed by atoms with Gasteiger partial charge in [0.05, 0.1) is 0 Å². The molecule has 2 aromatic rings. The molecule has 0 atom stereocenters. The Morgan fingerprint density at radius 2 is 2.05 bits per heavy atom. The summed E-state index contributed by atoms with van der Waals surface area (Å²) in [7, 11) is 1.55. The normalized spacial score (nSPS) is 9.81. The SMILES string of the molecule is CC(=O)NC(=S)N(C)c1cc2ccc(O)cc2oc1=O.O. The van der Waals surface area contributed by atoms with E-state index in [1.165, 1.54) is 24.0 Å². The highest BCUT2D eigenvalue weighted by atomic mass is 32.1. The molecule has 0 radical (unpaired) electrons. The molecule has 0 saturated heterocycles. The zero-order chi connectivity index (χ0) is 14.9. The number of nitrogens with zero attached hydrogens (tertiary/aromatic N) is 1. The first-order chi connectivity index (χ1) is 9.38. The zero-order valence-corrected chi connectivity index (χ0v) is 12.2.